The molecule has 1 saturated heterocycles. The van der Waals surface area contributed by atoms with Gasteiger partial charge in [0.15, 0.2) is 0 Å². The maximum atomic E-state index is 11.3. The average Bonchev–Trinajstić information content (AvgIpc) is 2.19. The molecule has 0 saturated carbocycles. The van der Waals surface area contributed by atoms with Gasteiger partial charge in [-0.15, -0.1) is 0 Å². The molecule has 5 heteroatoms. The van der Waals surface area contributed by atoms with Crippen LogP contribution in [0.1, 0.15) is 26.2 Å². The number of hydrogen-bond acceptors (Lipinski definition) is 4. The van der Waals surface area contributed by atoms with Crippen molar-refractivity contribution in [1.29, 1.82) is 0 Å². The molecule has 14 heavy (non-hydrogen) atoms. The number of likely N-dealkylation sites (tertiary alicyclic amines) is 1. The van der Waals surface area contributed by atoms with Crippen LogP contribution in [0.5, 0.6) is 0 Å². The highest BCUT2D eigenvalue weighted by Crippen LogP contribution is 2.09. The van der Waals surface area contributed by atoms with Crippen LogP contribution in [0, 0.1) is 0 Å². The summed E-state index contributed by atoms with van der Waals surface area (Å²) >= 11 is 0. The van der Waals surface area contributed by atoms with E-state index >= 15 is 0 Å². The number of carbonyl (C=O) groups excluding carboxylic acids is 2. The third-order valence-corrected chi connectivity index (χ3v) is 2.05. The Morgan fingerprint density at radius 3 is 2.43 bits per heavy atom. The highest BCUT2D eigenvalue weighted by molar-refractivity contribution is 5.80. The van der Waals surface area contributed by atoms with Crippen molar-refractivity contribution in [3.8, 4) is 0 Å². The van der Waals surface area contributed by atoms with Gasteiger partial charge in [-0.3, -0.25) is 0 Å². The first-order chi connectivity index (χ1) is 6.74. The Hall–Kier alpha value is -1.26. The Bertz CT molecular complexity index is 211. The van der Waals surface area contributed by atoms with Crippen molar-refractivity contribution in [2.45, 2.75) is 26.2 Å². The first-order valence-corrected chi connectivity index (χ1v) is 4.87. The second-order valence-electron chi connectivity index (χ2n) is 3.10. The zero-order chi connectivity index (χ0) is 10.4. The largest absolute Gasteiger partial charge is 0.517 e. The Labute approximate surface area is 83.0 Å². The highest BCUT2D eigenvalue weighted by atomic mass is 16.7. The normalized spacial score (nSPS) is 16.2. The molecule has 1 aliphatic rings. The van der Waals surface area contributed by atoms with Gasteiger partial charge in [0.2, 0.25) is 0 Å². The van der Waals surface area contributed by atoms with Crippen LogP contribution >= 0.6 is 0 Å². The smallest absolute Gasteiger partial charge is 0.434 e. The maximum absolute atomic E-state index is 11.3. The molecule has 0 spiro atoms. The standard InChI is InChI=1S/C9H15NO4/c1-2-13-9(12)14-8(11)10-6-4-3-5-7-10/h2-7H2,1H3. The van der Waals surface area contributed by atoms with Gasteiger partial charge in [0.05, 0.1) is 6.61 Å². The summed E-state index contributed by atoms with van der Waals surface area (Å²) in [5.41, 5.74) is 0. The van der Waals surface area contributed by atoms with Crippen LogP contribution in [0.4, 0.5) is 9.59 Å². The molecule has 1 aliphatic heterocycles. The van der Waals surface area contributed by atoms with Crippen LogP contribution in [0.2, 0.25) is 0 Å². The summed E-state index contributed by atoms with van der Waals surface area (Å²) in [6, 6.07) is 0. The SMILES string of the molecule is CCOC(=O)OC(=O)N1CCCCC1. The molecule has 1 amide bonds. The molecule has 80 valence electrons. The molecule has 0 atom stereocenters. The lowest BCUT2D eigenvalue weighted by molar-refractivity contribution is 0.0605. The van der Waals surface area contributed by atoms with Crippen molar-refractivity contribution in [1.82, 2.24) is 4.90 Å². The summed E-state index contributed by atoms with van der Waals surface area (Å²) in [7, 11) is 0. The van der Waals surface area contributed by atoms with E-state index in [1.807, 2.05) is 0 Å². The van der Waals surface area contributed by atoms with Crippen LogP contribution < -0.4 is 0 Å². The summed E-state index contributed by atoms with van der Waals surface area (Å²) in [6.45, 7) is 3.20. The summed E-state index contributed by atoms with van der Waals surface area (Å²) < 4.78 is 8.95. The van der Waals surface area contributed by atoms with Crippen molar-refractivity contribution in [3.63, 3.8) is 0 Å². The van der Waals surface area contributed by atoms with Gasteiger partial charge in [-0.05, 0) is 26.2 Å². The van der Waals surface area contributed by atoms with E-state index in [4.69, 9.17) is 0 Å². The summed E-state index contributed by atoms with van der Waals surface area (Å²) in [6.07, 6.45) is 1.56. The van der Waals surface area contributed by atoms with Crippen LogP contribution in [0.15, 0.2) is 0 Å². The number of ether oxygens (including phenoxy) is 2. The van der Waals surface area contributed by atoms with Gasteiger partial charge in [0.1, 0.15) is 0 Å². The number of amides is 1. The van der Waals surface area contributed by atoms with Crippen LogP contribution in [0.3, 0.4) is 0 Å². The second-order valence-corrected chi connectivity index (χ2v) is 3.10. The zero-order valence-electron chi connectivity index (χ0n) is 8.32. The van der Waals surface area contributed by atoms with Crippen molar-refractivity contribution < 1.29 is 19.1 Å². The van der Waals surface area contributed by atoms with E-state index < -0.39 is 12.2 Å². The molecule has 1 heterocycles. The van der Waals surface area contributed by atoms with E-state index in [1.165, 1.54) is 4.90 Å². The predicted octanol–water partition coefficient (Wildman–Crippen LogP) is 1.77. The Morgan fingerprint density at radius 2 is 1.86 bits per heavy atom. The van der Waals surface area contributed by atoms with Crippen molar-refractivity contribution in [2.75, 3.05) is 19.7 Å². The van der Waals surface area contributed by atoms with Gasteiger partial charge in [0, 0.05) is 13.1 Å². The van der Waals surface area contributed by atoms with E-state index in [9.17, 15) is 9.59 Å². The molecule has 0 aromatic heterocycles. The first-order valence-electron chi connectivity index (χ1n) is 4.87. The lowest BCUT2D eigenvalue weighted by Gasteiger charge is -2.24. The minimum Gasteiger partial charge on any atom is -0.434 e. The minimum absolute atomic E-state index is 0.214. The quantitative estimate of drug-likeness (QED) is 0.479. The molecule has 1 fully saturated rings. The number of carbonyl (C=O) groups is 2. The van der Waals surface area contributed by atoms with Crippen molar-refractivity contribution in [2.24, 2.45) is 0 Å². The summed E-state index contributed by atoms with van der Waals surface area (Å²) in [5, 5.41) is 0. The molecule has 0 aromatic carbocycles. The molecule has 5 nitrogen and oxygen atoms in total. The van der Waals surface area contributed by atoms with Crippen molar-refractivity contribution >= 4 is 12.2 Å². The summed E-state index contributed by atoms with van der Waals surface area (Å²) in [4.78, 5) is 23.6. The van der Waals surface area contributed by atoms with E-state index in [0.29, 0.717) is 13.1 Å². The zero-order valence-corrected chi connectivity index (χ0v) is 8.32. The molecular weight excluding hydrogens is 186 g/mol. The van der Waals surface area contributed by atoms with E-state index in [1.54, 1.807) is 6.92 Å². The van der Waals surface area contributed by atoms with Gasteiger partial charge in [-0.2, -0.15) is 0 Å². The lowest BCUT2D eigenvalue weighted by Crippen LogP contribution is -2.37. The Morgan fingerprint density at radius 1 is 1.21 bits per heavy atom. The fraction of sp³-hybridized carbons (Fsp3) is 0.778. The van der Waals surface area contributed by atoms with Gasteiger partial charge in [0.25, 0.3) is 0 Å². The summed E-state index contributed by atoms with van der Waals surface area (Å²) in [5.74, 6) is 0. The number of piperidine rings is 1. The third kappa shape index (κ3) is 3.24. The topological polar surface area (TPSA) is 55.8 Å². The van der Waals surface area contributed by atoms with Crippen LogP contribution in [0.25, 0.3) is 0 Å². The van der Waals surface area contributed by atoms with Crippen LogP contribution in [-0.2, 0) is 9.47 Å². The molecular formula is C9H15NO4. The lowest BCUT2D eigenvalue weighted by atomic mass is 10.1. The van der Waals surface area contributed by atoms with Gasteiger partial charge in [-0.25, -0.2) is 9.59 Å². The molecule has 0 radical (unpaired) electrons. The number of nitrogens with zero attached hydrogens (tertiary/aromatic N) is 1. The van der Waals surface area contributed by atoms with Crippen molar-refractivity contribution in [3.05, 3.63) is 0 Å². The first kappa shape index (κ1) is 10.8. The predicted molar refractivity (Wildman–Crippen MR) is 48.9 cm³/mol. The Balaban J connectivity index is 2.29. The molecule has 1 rings (SSSR count). The molecule has 0 bridgehead atoms. The van der Waals surface area contributed by atoms with Crippen LogP contribution in [-0.4, -0.2) is 36.8 Å². The maximum Gasteiger partial charge on any atom is 0.517 e. The number of hydrogen-bond donors (Lipinski definition) is 0. The molecule has 0 N–H and O–H groups in total. The minimum atomic E-state index is -0.914. The average molecular weight is 201 g/mol. The fourth-order valence-electron chi connectivity index (χ4n) is 1.36. The monoisotopic (exact) mass is 201 g/mol. The van der Waals surface area contributed by atoms with E-state index in [0.717, 1.165) is 19.3 Å². The van der Waals surface area contributed by atoms with Gasteiger partial charge in [-0.1, -0.05) is 0 Å². The molecule has 0 unspecified atom stereocenters. The van der Waals surface area contributed by atoms with E-state index in [-0.39, 0.29) is 6.61 Å². The molecule has 0 aliphatic carbocycles. The highest BCUT2D eigenvalue weighted by Gasteiger charge is 2.20. The van der Waals surface area contributed by atoms with E-state index in [2.05, 4.69) is 9.47 Å². The fourth-order valence-corrected chi connectivity index (χ4v) is 1.36. The second kappa shape index (κ2) is 5.47. The van der Waals surface area contributed by atoms with Gasteiger partial charge >= 0.3 is 12.2 Å². The number of rotatable bonds is 1. The third-order valence-electron chi connectivity index (χ3n) is 2.05. The Kier molecular flexibility index (Phi) is 4.22. The van der Waals surface area contributed by atoms with Gasteiger partial charge < -0.3 is 14.4 Å². The molecule has 0 aromatic rings.